The van der Waals surface area contributed by atoms with E-state index in [9.17, 15) is 0 Å². The highest BCUT2D eigenvalue weighted by atomic mass is 16.5. The van der Waals surface area contributed by atoms with Crippen LogP contribution in [0.5, 0.6) is 0 Å². The molecule has 0 radical (unpaired) electrons. The fraction of sp³-hybridized carbons (Fsp3) is 0.500. The molecule has 2 heteroatoms. The first-order valence-electron chi connectivity index (χ1n) is 6.61. The van der Waals surface area contributed by atoms with E-state index in [-0.39, 0.29) is 6.04 Å². The molecule has 2 nitrogen and oxygen atoms in total. The number of methoxy groups -OCH3 is 1. The molecule has 0 fully saturated rings. The van der Waals surface area contributed by atoms with Crippen molar-refractivity contribution in [3.63, 3.8) is 0 Å². The maximum atomic E-state index is 6.01. The minimum absolute atomic E-state index is 0.119. The number of ether oxygens (including phenoxy) is 1. The third kappa shape index (κ3) is 5.35. The fourth-order valence-corrected chi connectivity index (χ4v) is 1.71. The summed E-state index contributed by atoms with van der Waals surface area (Å²) in [6.07, 6.45) is 4.04. The van der Waals surface area contributed by atoms with E-state index in [1.54, 1.807) is 7.11 Å². The van der Waals surface area contributed by atoms with E-state index in [0.29, 0.717) is 0 Å². The van der Waals surface area contributed by atoms with Gasteiger partial charge in [-0.25, -0.2) is 0 Å². The van der Waals surface area contributed by atoms with Crippen LogP contribution in [0.4, 0.5) is 0 Å². The van der Waals surface area contributed by atoms with Crippen LogP contribution in [0.25, 0.3) is 0 Å². The molecular formula is C16H23NO. The summed E-state index contributed by atoms with van der Waals surface area (Å²) < 4.78 is 5.00. The molecule has 0 saturated heterocycles. The molecule has 2 N–H and O–H groups in total. The summed E-state index contributed by atoms with van der Waals surface area (Å²) in [7, 11) is 1.73. The summed E-state index contributed by atoms with van der Waals surface area (Å²) in [5.74, 6) is 6.39. The number of hydrogen-bond acceptors (Lipinski definition) is 2. The summed E-state index contributed by atoms with van der Waals surface area (Å²) in [6.45, 7) is 2.92. The maximum Gasteiger partial charge on any atom is 0.0462 e. The van der Waals surface area contributed by atoms with Gasteiger partial charge in [-0.2, -0.15) is 0 Å². The summed E-state index contributed by atoms with van der Waals surface area (Å²) in [6, 6.07) is 8.34. The van der Waals surface area contributed by atoms with Crippen LogP contribution in [-0.2, 0) is 4.74 Å². The van der Waals surface area contributed by atoms with Crippen molar-refractivity contribution in [2.24, 2.45) is 5.73 Å². The third-order valence-corrected chi connectivity index (χ3v) is 2.89. The lowest BCUT2D eigenvalue weighted by Gasteiger charge is -2.08. The van der Waals surface area contributed by atoms with Crippen LogP contribution in [0.1, 0.15) is 49.8 Å². The normalized spacial score (nSPS) is 11.7. The second-order valence-electron chi connectivity index (χ2n) is 4.39. The van der Waals surface area contributed by atoms with Gasteiger partial charge in [-0.15, -0.1) is 0 Å². The zero-order chi connectivity index (χ0) is 13.2. The molecule has 0 aliphatic rings. The molecule has 0 amide bonds. The van der Waals surface area contributed by atoms with Crippen LogP contribution in [0.2, 0.25) is 0 Å². The monoisotopic (exact) mass is 245 g/mol. The maximum absolute atomic E-state index is 6.01. The van der Waals surface area contributed by atoms with Gasteiger partial charge in [-0.3, -0.25) is 0 Å². The van der Waals surface area contributed by atoms with Crippen molar-refractivity contribution in [2.75, 3.05) is 13.7 Å². The van der Waals surface area contributed by atoms with Crippen LogP contribution < -0.4 is 5.73 Å². The van der Waals surface area contributed by atoms with E-state index in [4.69, 9.17) is 10.5 Å². The smallest absolute Gasteiger partial charge is 0.0462 e. The Labute approximate surface area is 111 Å². The van der Waals surface area contributed by atoms with E-state index < -0.39 is 0 Å². The van der Waals surface area contributed by atoms with Gasteiger partial charge >= 0.3 is 0 Å². The molecule has 0 aliphatic carbocycles. The average molecular weight is 245 g/mol. The predicted octanol–water partition coefficient (Wildman–Crippen LogP) is 3.26. The van der Waals surface area contributed by atoms with Crippen molar-refractivity contribution < 1.29 is 4.74 Å². The number of nitrogens with two attached hydrogens (primary N) is 1. The van der Waals surface area contributed by atoms with E-state index in [1.165, 1.54) is 5.56 Å². The Bertz CT molecular complexity index is 403. The molecule has 0 heterocycles. The number of benzene rings is 1. The molecule has 0 aromatic heterocycles. The highest BCUT2D eigenvalue weighted by molar-refractivity contribution is 5.38. The predicted molar refractivity (Wildman–Crippen MR) is 76.3 cm³/mol. The average Bonchev–Trinajstić information content (AvgIpc) is 2.42. The van der Waals surface area contributed by atoms with Gasteiger partial charge in [-0.1, -0.05) is 30.9 Å². The topological polar surface area (TPSA) is 35.2 Å². The Morgan fingerprint density at radius 2 is 2.17 bits per heavy atom. The Morgan fingerprint density at radius 3 is 2.89 bits per heavy atom. The van der Waals surface area contributed by atoms with Crippen molar-refractivity contribution in [3.8, 4) is 11.8 Å². The summed E-state index contributed by atoms with van der Waals surface area (Å²) in [4.78, 5) is 0. The molecule has 1 aromatic rings. The van der Waals surface area contributed by atoms with Crippen molar-refractivity contribution in [1.82, 2.24) is 0 Å². The second-order valence-corrected chi connectivity index (χ2v) is 4.39. The van der Waals surface area contributed by atoms with Crippen LogP contribution in [0.15, 0.2) is 24.3 Å². The molecule has 1 atom stereocenters. The lowest BCUT2D eigenvalue weighted by Crippen LogP contribution is -2.08. The highest BCUT2D eigenvalue weighted by Gasteiger charge is 2.02. The molecule has 1 rings (SSSR count). The highest BCUT2D eigenvalue weighted by Crippen LogP contribution is 2.14. The Balaban J connectivity index is 2.49. The molecule has 98 valence electrons. The first-order valence-corrected chi connectivity index (χ1v) is 6.61. The summed E-state index contributed by atoms with van der Waals surface area (Å²) in [5.41, 5.74) is 8.24. The molecule has 0 aliphatic heterocycles. The van der Waals surface area contributed by atoms with Crippen molar-refractivity contribution in [3.05, 3.63) is 35.4 Å². The Hall–Kier alpha value is -1.30. The fourth-order valence-electron chi connectivity index (χ4n) is 1.71. The number of unbranched alkanes of at least 4 members (excludes halogenated alkanes) is 2. The van der Waals surface area contributed by atoms with E-state index in [1.807, 2.05) is 12.1 Å². The standard InChI is InChI=1S/C16H23NO/c1-3-16(17)15-11-8-10-14(13-15)9-6-4-5-7-12-18-2/h8,10-11,13,16H,3-5,7,12,17H2,1-2H3. The molecule has 1 unspecified atom stereocenters. The lowest BCUT2D eigenvalue weighted by molar-refractivity contribution is 0.193. The summed E-state index contributed by atoms with van der Waals surface area (Å²) >= 11 is 0. The van der Waals surface area contributed by atoms with Crippen LogP contribution >= 0.6 is 0 Å². The third-order valence-electron chi connectivity index (χ3n) is 2.89. The zero-order valence-electron chi connectivity index (χ0n) is 11.4. The molecule has 18 heavy (non-hydrogen) atoms. The van der Waals surface area contributed by atoms with E-state index >= 15 is 0 Å². The van der Waals surface area contributed by atoms with Crippen molar-refractivity contribution in [1.29, 1.82) is 0 Å². The summed E-state index contributed by atoms with van der Waals surface area (Å²) in [5, 5.41) is 0. The number of rotatable bonds is 6. The van der Waals surface area contributed by atoms with Gasteiger partial charge in [0.05, 0.1) is 0 Å². The zero-order valence-corrected chi connectivity index (χ0v) is 11.4. The van der Waals surface area contributed by atoms with E-state index in [2.05, 4.69) is 30.9 Å². The SMILES string of the molecule is CCC(N)c1cccc(C#CCCCCOC)c1. The molecule has 0 bridgehead atoms. The first-order chi connectivity index (χ1) is 8.77. The van der Waals surface area contributed by atoms with E-state index in [0.717, 1.165) is 37.9 Å². The first kappa shape index (κ1) is 14.8. The van der Waals surface area contributed by atoms with Crippen molar-refractivity contribution in [2.45, 2.75) is 38.6 Å². The minimum atomic E-state index is 0.119. The van der Waals surface area contributed by atoms with Gasteiger partial charge in [0.1, 0.15) is 0 Å². The molecular weight excluding hydrogens is 222 g/mol. The molecule has 0 spiro atoms. The van der Waals surface area contributed by atoms with Crippen LogP contribution in [0.3, 0.4) is 0 Å². The van der Waals surface area contributed by atoms with Gasteiger partial charge in [-0.05, 0) is 37.0 Å². The Kier molecular flexibility index (Phi) is 7.17. The van der Waals surface area contributed by atoms with Crippen LogP contribution in [0, 0.1) is 11.8 Å². The number of hydrogen-bond donors (Lipinski definition) is 1. The van der Waals surface area contributed by atoms with Crippen LogP contribution in [-0.4, -0.2) is 13.7 Å². The van der Waals surface area contributed by atoms with Gasteiger partial charge in [0, 0.05) is 31.7 Å². The Morgan fingerprint density at radius 1 is 1.33 bits per heavy atom. The lowest BCUT2D eigenvalue weighted by atomic mass is 10.0. The minimum Gasteiger partial charge on any atom is -0.385 e. The van der Waals surface area contributed by atoms with Gasteiger partial charge in [0.2, 0.25) is 0 Å². The largest absolute Gasteiger partial charge is 0.385 e. The van der Waals surface area contributed by atoms with Crippen molar-refractivity contribution >= 4 is 0 Å². The second kappa shape index (κ2) is 8.74. The molecule has 0 saturated carbocycles. The molecule has 1 aromatic carbocycles. The quantitative estimate of drug-likeness (QED) is 0.616. The van der Waals surface area contributed by atoms with Gasteiger partial charge < -0.3 is 10.5 Å². The van der Waals surface area contributed by atoms with Gasteiger partial charge in [0.25, 0.3) is 0 Å². The van der Waals surface area contributed by atoms with Gasteiger partial charge in [0.15, 0.2) is 0 Å².